The van der Waals surface area contributed by atoms with Gasteiger partial charge in [0.2, 0.25) is 0 Å². The molecule has 0 unspecified atom stereocenters. The molecule has 3 aromatic carbocycles. The van der Waals surface area contributed by atoms with E-state index >= 15 is 0 Å². The number of aromatic nitrogens is 15. The number of nitrogens with zero attached hydrogens (tertiary/aromatic N) is 15. The maximum absolute atomic E-state index is 14.4. The van der Waals surface area contributed by atoms with Crippen molar-refractivity contribution in [3.05, 3.63) is 105 Å². The van der Waals surface area contributed by atoms with Crippen LogP contribution in [-0.2, 0) is 14.2 Å². The van der Waals surface area contributed by atoms with Crippen LogP contribution in [-0.4, -0.2) is 250 Å². The fourth-order valence-corrected chi connectivity index (χ4v) is 12.6. The number of benzene rings is 3. The molecule has 12 N–H and O–H groups in total. The number of halogens is 3. The minimum atomic E-state index is -4.29. The molecule has 6 aliphatic carbocycles. The van der Waals surface area contributed by atoms with Crippen molar-refractivity contribution in [2.45, 2.75) is 223 Å². The van der Waals surface area contributed by atoms with Crippen LogP contribution in [0.5, 0.6) is 0 Å². The molecule has 6 aromatic heterocycles. The van der Waals surface area contributed by atoms with Gasteiger partial charge in [-0.1, -0.05) is 108 Å². The maximum atomic E-state index is 14.4. The molecule has 6 heterocycles. The molecule has 0 saturated heterocycles. The number of ether oxygens (including phenoxy) is 3. The summed E-state index contributed by atoms with van der Waals surface area (Å²) in [4.78, 5) is 25.8. The summed E-state index contributed by atoms with van der Waals surface area (Å²) in [5.41, 5.74) is -1.17. The lowest BCUT2D eigenvalue weighted by atomic mass is 10.1. The molecule has 582 valence electrons. The first-order valence-corrected chi connectivity index (χ1v) is 36.0. The first kappa shape index (κ1) is 47.9. The molecule has 0 bridgehead atoms. The Hall–Kier alpha value is -7.14. The standard InChI is InChI=1S/3C24H31FN6O4S/c3*1-3-8-36-24-27-22(26-16-10-14(16)13-5-4-12(2)15(25)9-13)19-23(28-24)31(30-29-19)17-11-18(35-7-6-32)21(34)20(17)33/h3*4-5,9,14,16-18,20-21,32-34H,3,6-8,10-11H2,1-2H3,(H,26,27,28)/t3*14-,16+,17+,18-,20-,21+/m000/s1/i6D2,7D2,11D2,14D,16D,17D,18D,20D,21D;7D2,11D2,14D,16D,17D,18D,20D,21D;6D2,11D2,14D,16D,17D,18D,20D,21D. The number of anilines is 3. The highest BCUT2D eigenvalue weighted by molar-refractivity contribution is 7.99. The van der Waals surface area contributed by atoms with Gasteiger partial charge in [-0.15, -0.1) is 15.3 Å². The Morgan fingerprint density at radius 1 is 0.472 bits per heavy atom. The zero-order valence-electron chi connectivity index (χ0n) is 89.8. The third-order valence-electron chi connectivity index (χ3n) is 16.3. The SMILES string of the molecule is [2H]C([2H])(CO)O[C@@]1([2H])C([2H])([2H])[C@@]([2H])(n2nnc3c(N[C@]4([2H])C[C@@]4([2H])c4ccc(C)c(F)c4)nc(SCCC)nc32)[C@]([2H])(O)[C@]1([2H])O.[2H]C([2H])(O)C([2H])([2H])O[C@@]1([2H])C([2H])([2H])[C@@]([2H])(n2nnc3c(N[C@]4([2H])C[C@@]4([2H])c4ccc(C)c(F)c4)nc(SCCC)nc32)[C@]([2H])(O)[C@]1([2H])O.[2H]C([2H])(O)CO[C@@]1([2H])C([2H])([2H])[C@@]([2H])(n2nnc3c(N[C@]4([2H])C[C@@]4([2H])c4ccc(C)c(F)c4)nc(SCCC)nc32)[C@]([2H])(O)[C@]1([2H])O. The maximum Gasteiger partial charge on any atom is 0.191 e. The second-order valence-electron chi connectivity index (χ2n) is 24.0. The number of hydrogen-bond donors (Lipinski definition) is 12. The van der Waals surface area contributed by atoms with E-state index in [1.54, 1.807) is 13.8 Å². The lowest BCUT2D eigenvalue weighted by Gasteiger charge is -2.17. The van der Waals surface area contributed by atoms with Gasteiger partial charge in [-0.05, 0) is 111 Å². The van der Waals surface area contributed by atoms with Crippen molar-refractivity contribution in [3.8, 4) is 0 Å². The van der Waals surface area contributed by atoms with Crippen LogP contribution in [0.4, 0.5) is 30.6 Å². The highest BCUT2D eigenvalue weighted by Gasteiger charge is 2.49. The van der Waals surface area contributed by atoms with Crippen molar-refractivity contribution in [1.29, 1.82) is 0 Å². The van der Waals surface area contributed by atoms with Gasteiger partial charge in [-0.25, -0.2) is 57.1 Å². The fraction of sp³-hybridized carbons (Fsp3) is 0.583. The summed E-state index contributed by atoms with van der Waals surface area (Å²) >= 11 is 3.21. The Balaban J connectivity index is 0.000000177. The molecule has 15 rings (SSSR count). The third kappa shape index (κ3) is 17.5. The van der Waals surface area contributed by atoms with Crippen LogP contribution >= 0.6 is 35.3 Å². The van der Waals surface area contributed by atoms with Gasteiger partial charge >= 0.3 is 0 Å². The Kier molecular flexibility index (Phi) is 15.6. The largest absolute Gasteiger partial charge is 0.394 e. The van der Waals surface area contributed by atoms with Crippen molar-refractivity contribution in [3.63, 3.8) is 0 Å². The first-order valence-electron chi connectivity index (χ1n) is 49.0. The van der Waals surface area contributed by atoms with Gasteiger partial charge in [-0.2, -0.15) is 0 Å². The summed E-state index contributed by atoms with van der Waals surface area (Å²) in [7, 11) is 0. The number of aliphatic hydroxyl groups excluding tert-OH is 1. The minimum absolute atomic E-state index is 0.0275. The molecule has 0 radical (unpaired) electrons. The third-order valence-corrected chi connectivity index (χ3v) is 19.5. The molecular formula is C72H93F3N18O12S3. The first-order chi connectivity index (χ1) is 63.6. The van der Waals surface area contributed by atoms with Crippen LogP contribution in [0.2, 0.25) is 0 Å². The van der Waals surface area contributed by atoms with E-state index in [4.69, 9.17) is 53.3 Å². The smallest absolute Gasteiger partial charge is 0.191 e. The van der Waals surface area contributed by atoms with Crippen molar-refractivity contribution in [1.82, 2.24) is 74.9 Å². The van der Waals surface area contributed by atoms with Crippen molar-refractivity contribution in [2.24, 2.45) is 0 Å². The van der Waals surface area contributed by atoms with E-state index in [1.807, 2.05) is 20.8 Å². The van der Waals surface area contributed by atoms with E-state index in [1.165, 1.54) is 43.3 Å². The number of thioether (sulfide) groups is 3. The van der Waals surface area contributed by atoms with E-state index in [-0.39, 0.29) is 94.0 Å². The quantitative estimate of drug-likeness (QED) is 0.0168. The zero-order chi connectivity index (χ0) is 105. The molecular weight excluding hydrogens is 1460 g/mol. The van der Waals surface area contributed by atoms with Gasteiger partial charge in [0.05, 0.1) is 107 Å². The van der Waals surface area contributed by atoms with E-state index in [0.717, 1.165) is 53.5 Å². The summed E-state index contributed by atoms with van der Waals surface area (Å²) in [6.45, 7) is -7.24. The van der Waals surface area contributed by atoms with Gasteiger partial charge in [-0.3, -0.25) is 0 Å². The number of fused-ring (bicyclic) bond motifs is 3. The number of aliphatic hydroxyl groups is 9. The predicted octanol–water partition coefficient (Wildman–Crippen LogP) is 6.55. The summed E-state index contributed by atoms with van der Waals surface area (Å²) in [6, 6.07) is -4.20. The number of hydrogen-bond acceptors (Lipinski definition) is 30. The summed E-state index contributed by atoms with van der Waals surface area (Å²) in [5.74, 6) is -6.10. The number of nitrogens with one attached hydrogen (secondary N) is 3. The zero-order valence-corrected chi connectivity index (χ0v) is 60.2. The monoisotopic (exact) mass is 1590 g/mol. The van der Waals surface area contributed by atoms with E-state index in [0.29, 0.717) is 53.2 Å². The summed E-state index contributed by atoms with van der Waals surface area (Å²) < 4.78 is 327. The van der Waals surface area contributed by atoms with Crippen LogP contribution in [0.1, 0.15) is 191 Å². The van der Waals surface area contributed by atoms with E-state index in [2.05, 4.69) is 81.5 Å². The average Bonchev–Trinajstić information content (AvgIpc) is 1.48. The Bertz CT molecular complexity index is 6370. The van der Waals surface area contributed by atoms with Gasteiger partial charge in [0.1, 0.15) is 53.9 Å². The van der Waals surface area contributed by atoms with Crippen LogP contribution in [0.15, 0.2) is 70.1 Å². The Labute approximate surface area is 678 Å². The van der Waals surface area contributed by atoms with Crippen molar-refractivity contribution in [2.75, 3.05) is 72.7 Å². The van der Waals surface area contributed by atoms with Crippen LogP contribution in [0.3, 0.4) is 0 Å². The lowest BCUT2D eigenvalue weighted by Crippen LogP contribution is -2.33. The normalized spacial score (nSPS) is 46.1. The molecule has 108 heavy (non-hydrogen) atoms. The Morgan fingerprint density at radius 3 is 1.09 bits per heavy atom. The highest BCUT2D eigenvalue weighted by Crippen LogP contribution is 2.48. The highest BCUT2D eigenvalue weighted by atomic mass is 32.2. The second-order valence-corrected chi connectivity index (χ2v) is 27.2. The second kappa shape index (κ2) is 35.1. The van der Waals surface area contributed by atoms with Gasteiger partial charge < -0.3 is 76.1 Å². The predicted molar refractivity (Wildman–Crippen MR) is 398 cm³/mol. The molecule has 0 aliphatic heterocycles. The summed E-state index contributed by atoms with van der Waals surface area (Å²) in [6.07, 6.45) is -46.7. The molecule has 6 fully saturated rings. The van der Waals surface area contributed by atoms with E-state index < -0.39 is 207 Å². The number of aryl methyl sites for hydroxylation is 3. The van der Waals surface area contributed by atoms with Gasteiger partial charge in [0.25, 0.3) is 0 Å². The summed E-state index contributed by atoms with van der Waals surface area (Å²) in [5, 5.41) is 126. The Morgan fingerprint density at radius 2 is 0.796 bits per heavy atom. The van der Waals surface area contributed by atoms with Crippen LogP contribution in [0, 0.1) is 38.2 Å². The number of rotatable bonds is 30. The molecule has 9 aromatic rings. The topological polar surface area (TPSA) is 415 Å². The van der Waals surface area contributed by atoms with Gasteiger partial charge in [0, 0.05) is 84.4 Å². The molecule has 6 aliphatic rings. The average molecular weight is 1590 g/mol. The fourth-order valence-electron chi connectivity index (χ4n) is 10.6. The van der Waals surface area contributed by atoms with Crippen molar-refractivity contribution < 1.29 is 117 Å². The molecule has 18 atom stereocenters. The molecule has 6 saturated carbocycles. The molecule has 0 amide bonds. The van der Waals surface area contributed by atoms with Crippen molar-refractivity contribution >= 4 is 86.2 Å². The molecule has 36 heteroatoms. The van der Waals surface area contributed by atoms with Gasteiger partial charge in [0.15, 0.2) is 66.4 Å². The minimum Gasteiger partial charge on any atom is -0.394 e. The molecule has 30 nitrogen and oxygen atoms in total. The molecule has 0 spiro atoms. The lowest BCUT2D eigenvalue weighted by molar-refractivity contribution is -0.0629. The van der Waals surface area contributed by atoms with Crippen LogP contribution < -0.4 is 16.0 Å². The van der Waals surface area contributed by atoms with Crippen LogP contribution in [0.25, 0.3) is 33.5 Å². The van der Waals surface area contributed by atoms with E-state index in [9.17, 15) is 59.1 Å².